The normalized spacial score (nSPS) is 24.3. The van der Waals surface area contributed by atoms with Crippen molar-refractivity contribution in [2.45, 2.75) is 84.4 Å². The summed E-state index contributed by atoms with van der Waals surface area (Å²) in [6.45, 7) is 10.2. The Balaban J connectivity index is 1.81. The van der Waals surface area contributed by atoms with Gasteiger partial charge in [0.2, 0.25) is 5.91 Å². The summed E-state index contributed by atoms with van der Waals surface area (Å²) in [4.78, 5) is 44.1. The summed E-state index contributed by atoms with van der Waals surface area (Å²) in [5.41, 5.74) is 3.70. The predicted molar refractivity (Wildman–Crippen MR) is 176 cm³/mol. The number of nitrogens with one attached hydrogen (secondary N) is 1. The van der Waals surface area contributed by atoms with Crippen molar-refractivity contribution >= 4 is 23.7 Å². The van der Waals surface area contributed by atoms with Crippen LogP contribution >= 0.6 is 0 Å². The first kappa shape index (κ1) is 34.3. The number of methoxy groups -OCH3 is 2. The molecular formula is C36H51N3O6. The van der Waals surface area contributed by atoms with E-state index in [0.29, 0.717) is 0 Å². The number of esters is 1. The van der Waals surface area contributed by atoms with Gasteiger partial charge in [0.25, 0.3) is 0 Å². The molecule has 0 aromatic heterocycles. The van der Waals surface area contributed by atoms with Crippen LogP contribution in [0.1, 0.15) is 71.4 Å². The zero-order valence-electron chi connectivity index (χ0n) is 28.5. The van der Waals surface area contributed by atoms with E-state index < -0.39 is 35.2 Å². The number of hydrogen-bond donors (Lipinski definition) is 1. The van der Waals surface area contributed by atoms with E-state index in [0.717, 1.165) is 42.5 Å². The van der Waals surface area contributed by atoms with E-state index in [-0.39, 0.29) is 30.9 Å². The Kier molecular flexibility index (Phi) is 10.2. The number of nitrogens with zero attached hydrogens (tertiary/aromatic N) is 2. The van der Waals surface area contributed by atoms with Gasteiger partial charge in [-0.05, 0) is 64.5 Å². The molecule has 2 aromatic carbocycles. The highest BCUT2D eigenvalue weighted by molar-refractivity contribution is 5.91. The van der Waals surface area contributed by atoms with Gasteiger partial charge in [-0.3, -0.25) is 4.79 Å². The number of aryl methyl sites for hydroxylation is 1. The summed E-state index contributed by atoms with van der Waals surface area (Å²) in [5.74, 6) is -0.912. The fourth-order valence-corrected chi connectivity index (χ4v) is 6.45. The second kappa shape index (κ2) is 13.4. The summed E-state index contributed by atoms with van der Waals surface area (Å²) in [7, 11) is 7.01. The number of ether oxygens (including phenoxy) is 3. The van der Waals surface area contributed by atoms with Crippen LogP contribution in [0, 0.1) is 10.8 Å². The van der Waals surface area contributed by atoms with Gasteiger partial charge < -0.3 is 29.3 Å². The van der Waals surface area contributed by atoms with Gasteiger partial charge in [0.05, 0.1) is 20.3 Å². The summed E-state index contributed by atoms with van der Waals surface area (Å²) in [6, 6.07) is 13.0. The lowest BCUT2D eigenvalue weighted by Crippen LogP contribution is -2.57. The fourth-order valence-electron chi connectivity index (χ4n) is 6.45. The van der Waals surface area contributed by atoms with Crippen molar-refractivity contribution in [2.75, 3.05) is 46.4 Å². The van der Waals surface area contributed by atoms with Gasteiger partial charge in [-0.2, -0.15) is 0 Å². The lowest BCUT2D eigenvalue weighted by atomic mass is 9.85. The average Bonchev–Trinajstić information content (AvgIpc) is 3.41. The third-order valence-electron chi connectivity index (χ3n) is 9.32. The van der Waals surface area contributed by atoms with Crippen molar-refractivity contribution in [2.24, 2.45) is 10.8 Å². The fraction of sp³-hybridized carbons (Fsp3) is 0.583. The van der Waals surface area contributed by atoms with Crippen LogP contribution in [0.25, 0.3) is 11.1 Å². The zero-order valence-corrected chi connectivity index (χ0v) is 28.5. The number of hydrogen-bond acceptors (Lipinski definition) is 7. The molecular weight excluding hydrogens is 570 g/mol. The minimum Gasteiger partial charge on any atom is -0.467 e. The Morgan fingerprint density at radius 3 is 2.33 bits per heavy atom. The molecule has 3 aliphatic heterocycles. The van der Waals surface area contributed by atoms with Gasteiger partial charge in [-0.1, -0.05) is 71.4 Å². The largest absolute Gasteiger partial charge is 0.467 e. The van der Waals surface area contributed by atoms with Crippen molar-refractivity contribution in [3.63, 3.8) is 0 Å². The molecule has 9 heteroatoms. The maximum Gasteiger partial charge on any atom is 0.407 e. The number of fused-ring (bicyclic) bond motifs is 12. The van der Waals surface area contributed by atoms with Gasteiger partial charge in [0.15, 0.2) is 0 Å². The first-order valence-corrected chi connectivity index (χ1v) is 15.9. The van der Waals surface area contributed by atoms with Crippen LogP contribution in [0.2, 0.25) is 0 Å². The maximum atomic E-state index is 14.2. The van der Waals surface area contributed by atoms with E-state index in [1.807, 2.05) is 47.0 Å². The predicted octanol–water partition coefficient (Wildman–Crippen LogP) is 5.93. The van der Waals surface area contributed by atoms with Crippen molar-refractivity contribution in [3.8, 4) is 11.1 Å². The van der Waals surface area contributed by atoms with Gasteiger partial charge in [0.1, 0.15) is 17.7 Å². The quantitative estimate of drug-likeness (QED) is 0.425. The number of benzene rings is 2. The molecule has 4 bridgehead atoms. The lowest BCUT2D eigenvalue weighted by molar-refractivity contribution is -0.152. The second-order valence-electron chi connectivity index (χ2n) is 14.6. The highest BCUT2D eigenvalue weighted by Crippen LogP contribution is 2.41. The molecule has 0 radical (unpaired) electrons. The summed E-state index contributed by atoms with van der Waals surface area (Å²) >= 11 is 0. The number of carbonyl (C=O) groups excluding carboxylic acids is 3. The monoisotopic (exact) mass is 621 g/mol. The summed E-state index contributed by atoms with van der Waals surface area (Å²) < 4.78 is 17.0. The number of anilines is 1. The van der Waals surface area contributed by atoms with Crippen LogP contribution in [0.5, 0.6) is 0 Å². The van der Waals surface area contributed by atoms with Gasteiger partial charge >= 0.3 is 12.1 Å². The smallest absolute Gasteiger partial charge is 0.407 e. The second-order valence-corrected chi connectivity index (χ2v) is 14.6. The molecule has 1 N–H and O–H groups in total. The molecule has 1 saturated heterocycles. The van der Waals surface area contributed by atoms with Gasteiger partial charge in [0, 0.05) is 33.3 Å². The molecule has 2 amide bonds. The Hall–Kier alpha value is -3.59. The number of rotatable bonds is 3. The van der Waals surface area contributed by atoms with Crippen molar-refractivity contribution in [1.29, 1.82) is 0 Å². The standard InChI is InChI=1S/C36H51N3O6/c1-34(2,3)30-31(40)39-22-36(44-9,21-29(39)32(41)43-8)26-15-13-24(14-16-26)28-18-17-27(38(6)7)20-25(28)12-10-11-19-35(4,5)23-45-33(42)37-30/h13-18,20,29-30H,10-12,19,21-23H2,1-9H3,(H,37,42)/t29-,30+,36-/m0/s1. The summed E-state index contributed by atoms with van der Waals surface area (Å²) in [6.07, 6.45) is 3.34. The van der Waals surface area contributed by atoms with Gasteiger partial charge in [-0.15, -0.1) is 0 Å². The molecule has 3 atom stereocenters. The van der Waals surface area contributed by atoms with Crippen LogP contribution in [-0.2, 0) is 35.8 Å². The molecule has 45 heavy (non-hydrogen) atoms. The van der Waals surface area contributed by atoms with Crippen LogP contribution in [0.15, 0.2) is 42.5 Å². The topological polar surface area (TPSA) is 97.4 Å². The molecule has 0 spiro atoms. The Bertz CT molecular complexity index is 1380. The molecule has 9 nitrogen and oxygen atoms in total. The molecule has 0 unspecified atom stereocenters. The molecule has 246 valence electrons. The number of alkyl carbamates (subject to hydrolysis) is 1. The van der Waals surface area contributed by atoms with E-state index in [1.165, 1.54) is 23.1 Å². The van der Waals surface area contributed by atoms with E-state index in [2.05, 4.69) is 54.4 Å². The average molecular weight is 622 g/mol. The molecule has 2 aromatic rings. The highest BCUT2D eigenvalue weighted by Gasteiger charge is 2.53. The Morgan fingerprint density at radius 1 is 1.04 bits per heavy atom. The van der Waals surface area contributed by atoms with Crippen LogP contribution in [-0.4, -0.2) is 76.4 Å². The van der Waals surface area contributed by atoms with E-state index in [4.69, 9.17) is 14.2 Å². The van der Waals surface area contributed by atoms with Crippen molar-refractivity contribution in [3.05, 3.63) is 53.6 Å². The minimum atomic E-state index is -0.946. The van der Waals surface area contributed by atoms with Crippen molar-refractivity contribution < 1.29 is 28.6 Å². The van der Waals surface area contributed by atoms with Gasteiger partial charge in [-0.25, -0.2) is 9.59 Å². The van der Waals surface area contributed by atoms with E-state index in [9.17, 15) is 14.4 Å². The molecule has 0 saturated carbocycles. The number of amides is 2. The SMILES string of the molecule is COC(=O)[C@@H]1C[C@]2(OC)CN1C(=O)[C@H](C(C)(C)C)NC(=O)OCC(C)(C)CCCCc1cc(N(C)C)ccc1-c1ccc2cc1. The Morgan fingerprint density at radius 2 is 1.73 bits per heavy atom. The molecule has 3 heterocycles. The van der Waals surface area contributed by atoms with Crippen LogP contribution < -0.4 is 10.2 Å². The third kappa shape index (κ3) is 7.63. The minimum absolute atomic E-state index is 0.126. The summed E-state index contributed by atoms with van der Waals surface area (Å²) in [5, 5.41) is 2.83. The molecule has 1 fully saturated rings. The zero-order chi connectivity index (χ0) is 33.2. The molecule has 3 aliphatic rings. The van der Waals surface area contributed by atoms with Crippen LogP contribution in [0.4, 0.5) is 10.5 Å². The first-order valence-electron chi connectivity index (χ1n) is 15.9. The van der Waals surface area contributed by atoms with Crippen LogP contribution in [0.3, 0.4) is 0 Å². The van der Waals surface area contributed by atoms with Crippen molar-refractivity contribution in [1.82, 2.24) is 10.2 Å². The molecule has 0 aliphatic carbocycles. The highest BCUT2D eigenvalue weighted by atomic mass is 16.5. The maximum absolute atomic E-state index is 14.2. The third-order valence-corrected chi connectivity index (χ3v) is 9.32. The molecule has 5 rings (SSSR count). The number of carbonyl (C=O) groups is 3. The Labute approximate surface area is 268 Å². The first-order chi connectivity index (χ1) is 21.1. The van der Waals surface area contributed by atoms with E-state index in [1.54, 1.807) is 7.11 Å². The lowest BCUT2D eigenvalue weighted by Gasteiger charge is -2.35. The van der Waals surface area contributed by atoms with E-state index >= 15 is 0 Å².